The highest BCUT2D eigenvalue weighted by atomic mass is 16.5. The van der Waals surface area contributed by atoms with Crippen molar-refractivity contribution in [1.82, 2.24) is 10.6 Å². The van der Waals surface area contributed by atoms with Crippen LogP contribution in [0.2, 0.25) is 0 Å². The first-order valence-corrected chi connectivity index (χ1v) is 7.30. The third-order valence-electron chi connectivity index (χ3n) is 3.66. The van der Waals surface area contributed by atoms with Gasteiger partial charge >= 0.3 is 0 Å². The SMILES string of the molecule is CC1CC(C(C)(C)C)=CC(NCC2CNCCO2)=N1. The summed E-state index contributed by atoms with van der Waals surface area (Å²) in [5.74, 6) is 1.01. The van der Waals surface area contributed by atoms with Crippen molar-refractivity contribution >= 4 is 5.84 Å². The van der Waals surface area contributed by atoms with Gasteiger partial charge in [0.25, 0.3) is 0 Å². The molecule has 0 bridgehead atoms. The molecule has 4 nitrogen and oxygen atoms in total. The minimum absolute atomic E-state index is 0.222. The van der Waals surface area contributed by atoms with E-state index in [0.29, 0.717) is 6.04 Å². The molecule has 1 fully saturated rings. The minimum Gasteiger partial charge on any atom is -0.374 e. The minimum atomic E-state index is 0.222. The molecule has 0 saturated carbocycles. The van der Waals surface area contributed by atoms with Gasteiger partial charge in [0, 0.05) is 19.6 Å². The number of aliphatic imine (C=N–C) groups is 1. The molecule has 2 heterocycles. The molecule has 108 valence electrons. The van der Waals surface area contributed by atoms with Crippen molar-refractivity contribution in [2.75, 3.05) is 26.2 Å². The first kappa shape index (κ1) is 14.5. The number of dihydropyridines is 1. The summed E-state index contributed by atoms with van der Waals surface area (Å²) in [5, 5.41) is 6.78. The zero-order valence-electron chi connectivity index (χ0n) is 12.6. The van der Waals surface area contributed by atoms with E-state index in [-0.39, 0.29) is 11.5 Å². The van der Waals surface area contributed by atoms with E-state index in [0.717, 1.165) is 38.5 Å². The van der Waals surface area contributed by atoms with Crippen LogP contribution in [0, 0.1) is 5.41 Å². The summed E-state index contributed by atoms with van der Waals surface area (Å²) in [6, 6.07) is 0.368. The van der Waals surface area contributed by atoms with E-state index in [9.17, 15) is 0 Å². The second-order valence-electron chi connectivity index (χ2n) is 6.56. The summed E-state index contributed by atoms with van der Waals surface area (Å²) in [5.41, 5.74) is 1.69. The number of rotatable bonds is 2. The molecule has 0 radical (unpaired) electrons. The maximum Gasteiger partial charge on any atom is 0.121 e. The summed E-state index contributed by atoms with van der Waals surface area (Å²) in [7, 11) is 0. The highest BCUT2D eigenvalue weighted by Gasteiger charge is 2.23. The van der Waals surface area contributed by atoms with Crippen LogP contribution in [0.4, 0.5) is 0 Å². The van der Waals surface area contributed by atoms with Gasteiger partial charge in [0.05, 0.1) is 18.8 Å². The third-order valence-corrected chi connectivity index (χ3v) is 3.66. The summed E-state index contributed by atoms with van der Waals surface area (Å²) in [4.78, 5) is 4.68. The van der Waals surface area contributed by atoms with Gasteiger partial charge in [0.2, 0.25) is 0 Å². The molecule has 0 spiro atoms. The summed E-state index contributed by atoms with van der Waals surface area (Å²) < 4.78 is 5.69. The molecule has 2 atom stereocenters. The lowest BCUT2D eigenvalue weighted by Crippen LogP contribution is -2.45. The Labute approximate surface area is 116 Å². The van der Waals surface area contributed by atoms with Crippen molar-refractivity contribution in [3.63, 3.8) is 0 Å². The first-order valence-electron chi connectivity index (χ1n) is 7.30. The maximum atomic E-state index is 5.69. The monoisotopic (exact) mass is 265 g/mol. The van der Waals surface area contributed by atoms with E-state index in [1.165, 1.54) is 5.57 Å². The fraction of sp³-hybridized carbons (Fsp3) is 0.800. The number of ether oxygens (including phenoxy) is 1. The largest absolute Gasteiger partial charge is 0.374 e. The Bertz CT molecular complexity index is 362. The molecule has 2 aliphatic heterocycles. The molecule has 0 amide bonds. The van der Waals surface area contributed by atoms with E-state index in [1.807, 2.05) is 0 Å². The smallest absolute Gasteiger partial charge is 0.121 e. The first-order chi connectivity index (χ1) is 8.95. The Morgan fingerprint density at radius 1 is 1.47 bits per heavy atom. The van der Waals surface area contributed by atoms with E-state index in [4.69, 9.17) is 4.74 Å². The second kappa shape index (κ2) is 6.06. The van der Waals surface area contributed by atoms with Crippen LogP contribution in [0.5, 0.6) is 0 Å². The molecule has 0 aromatic rings. The fourth-order valence-electron chi connectivity index (χ4n) is 2.45. The van der Waals surface area contributed by atoms with Crippen LogP contribution in [0.3, 0.4) is 0 Å². The lowest BCUT2D eigenvalue weighted by molar-refractivity contribution is 0.0319. The molecule has 2 unspecified atom stereocenters. The number of nitrogens with zero attached hydrogens (tertiary/aromatic N) is 1. The van der Waals surface area contributed by atoms with E-state index < -0.39 is 0 Å². The maximum absolute atomic E-state index is 5.69. The Morgan fingerprint density at radius 3 is 2.89 bits per heavy atom. The summed E-state index contributed by atoms with van der Waals surface area (Å²) in [6.07, 6.45) is 3.53. The highest BCUT2D eigenvalue weighted by Crippen LogP contribution is 2.31. The van der Waals surface area contributed by atoms with Crippen LogP contribution < -0.4 is 10.6 Å². The van der Waals surface area contributed by atoms with Crippen LogP contribution in [0.15, 0.2) is 16.6 Å². The molecule has 0 aliphatic carbocycles. The van der Waals surface area contributed by atoms with Gasteiger partial charge in [-0.05, 0) is 24.8 Å². The van der Waals surface area contributed by atoms with Crippen LogP contribution in [-0.2, 0) is 4.74 Å². The van der Waals surface area contributed by atoms with Gasteiger partial charge in [-0.25, -0.2) is 0 Å². The van der Waals surface area contributed by atoms with Crippen LogP contribution in [0.25, 0.3) is 0 Å². The van der Waals surface area contributed by atoms with Crippen molar-refractivity contribution in [2.45, 2.75) is 46.3 Å². The van der Waals surface area contributed by atoms with Gasteiger partial charge in [-0.2, -0.15) is 0 Å². The molecule has 0 aromatic carbocycles. The normalized spacial score (nSPS) is 28.6. The predicted molar refractivity (Wildman–Crippen MR) is 79.7 cm³/mol. The summed E-state index contributed by atoms with van der Waals surface area (Å²) >= 11 is 0. The number of hydrogen-bond acceptors (Lipinski definition) is 4. The van der Waals surface area contributed by atoms with Crippen molar-refractivity contribution in [2.24, 2.45) is 10.4 Å². The molecular formula is C15H27N3O. The third kappa shape index (κ3) is 4.32. The van der Waals surface area contributed by atoms with E-state index in [1.54, 1.807) is 0 Å². The van der Waals surface area contributed by atoms with Crippen molar-refractivity contribution in [3.05, 3.63) is 11.6 Å². The molecule has 19 heavy (non-hydrogen) atoms. The average molecular weight is 265 g/mol. The number of nitrogens with one attached hydrogen (secondary N) is 2. The van der Waals surface area contributed by atoms with Gasteiger partial charge in [-0.15, -0.1) is 0 Å². The Hall–Kier alpha value is -0.870. The van der Waals surface area contributed by atoms with E-state index in [2.05, 4.69) is 49.4 Å². The predicted octanol–water partition coefficient (Wildman–Crippen LogP) is 1.73. The van der Waals surface area contributed by atoms with Gasteiger partial charge in [0.1, 0.15) is 5.84 Å². The number of morpholine rings is 1. The molecule has 2 aliphatic rings. The lowest BCUT2D eigenvalue weighted by Gasteiger charge is -2.29. The van der Waals surface area contributed by atoms with Crippen LogP contribution >= 0.6 is 0 Å². The number of amidine groups is 1. The van der Waals surface area contributed by atoms with Gasteiger partial charge in [-0.3, -0.25) is 4.99 Å². The Kier molecular flexibility index (Phi) is 4.63. The Morgan fingerprint density at radius 2 is 2.26 bits per heavy atom. The van der Waals surface area contributed by atoms with Crippen molar-refractivity contribution in [3.8, 4) is 0 Å². The molecule has 4 heteroatoms. The molecule has 0 aromatic heterocycles. The van der Waals surface area contributed by atoms with Gasteiger partial charge in [0.15, 0.2) is 0 Å². The van der Waals surface area contributed by atoms with E-state index >= 15 is 0 Å². The molecule has 1 saturated heterocycles. The number of hydrogen-bond donors (Lipinski definition) is 2. The summed E-state index contributed by atoms with van der Waals surface area (Å²) in [6.45, 7) is 12.5. The van der Waals surface area contributed by atoms with Gasteiger partial charge < -0.3 is 15.4 Å². The zero-order valence-corrected chi connectivity index (χ0v) is 12.6. The van der Waals surface area contributed by atoms with Crippen LogP contribution in [0.1, 0.15) is 34.1 Å². The van der Waals surface area contributed by atoms with Gasteiger partial charge in [-0.1, -0.05) is 26.3 Å². The molecular weight excluding hydrogens is 238 g/mol. The highest BCUT2D eigenvalue weighted by molar-refractivity contribution is 5.94. The zero-order chi connectivity index (χ0) is 13.9. The quantitative estimate of drug-likeness (QED) is 0.799. The molecule has 2 N–H and O–H groups in total. The second-order valence-corrected chi connectivity index (χ2v) is 6.56. The molecule has 2 rings (SSSR count). The van der Waals surface area contributed by atoms with Crippen molar-refractivity contribution in [1.29, 1.82) is 0 Å². The van der Waals surface area contributed by atoms with Crippen LogP contribution in [-0.4, -0.2) is 44.2 Å². The standard InChI is InChI=1S/C15H27N3O/c1-11-7-12(15(2,3)4)8-14(18-11)17-10-13-9-16-5-6-19-13/h8,11,13,16H,5-7,9-10H2,1-4H3,(H,17,18). The van der Waals surface area contributed by atoms with Crippen molar-refractivity contribution < 1.29 is 4.74 Å². The fourth-order valence-corrected chi connectivity index (χ4v) is 2.45. The Balaban J connectivity index is 1.93. The average Bonchev–Trinajstić information content (AvgIpc) is 2.36. The topological polar surface area (TPSA) is 45.6 Å². The lowest BCUT2D eigenvalue weighted by atomic mass is 9.81.